The van der Waals surface area contributed by atoms with Crippen molar-refractivity contribution < 1.29 is 22.8 Å². The quantitative estimate of drug-likeness (QED) is 0.540. The molecular formula is C20H20BN3O5S. The van der Waals surface area contributed by atoms with Gasteiger partial charge in [-0.05, 0) is 60.6 Å². The van der Waals surface area contributed by atoms with Gasteiger partial charge in [0.05, 0.1) is 18.2 Å². The number of benzene rings is 1. The first kappa shape index (κ1) is 19.2. The van der Waals surface area contributed by atoms with Crippen LogP contribution in [0, 0.1) is 5.92 Å². The van der Waals surface area contributed by atoms with Gasteiger partial charge in [-0.15, -0.1) is 0 Å². The van der Waals surface area contributed by atoms with Gasteiger partial charge in [-0.1, -0.05) is 0 Å². The highest BCUT2D eigenvalue weighted by Gasteiger charge is 2.39. The highest BCUT2D eigenvalue weighted by Crippen LogP contribution is 2.46. The molecule has 0 radical (unpaired) electrons. The maximum absolute atomic E-state index is 12.7. The number of aromatic amines is 1. The van der Waals surface area contributed by atoms with E-state index in [-0.39, 0.29) is 16.9 Å². The van der Waals surface area contributed by atoms with Gasteiger partial charge >= 0.3 is 7.12 Å². The van der Waals surface area contributed by atoms with Crippen LogP contribution >= 0.6 is 0 Å². The van der Waals surface area contributed by atoms with E-state index in [1.807, 2.05) is 12.3 Å². The minimum atomic E-state index is -3.61. The Hall–Kier alpha value is -2.82. The van der Waals surface area contributed by atoms with Crippen LogP contribution in [0.15, 0.2) is 53.6 Å². The highest BCUT2D eigenvalue weighted by atomic mass is 32.2. The van der Waals surface area contributed by atoms with Gasteiger partial charge in [0.25, 0.3) is 0 Å². The van der Waals surface area contributed by atoms with Gasteiger partial charge < -0.3 is 19.4 Å². The molecule has 5 rings (SSSR count). The average Bonchev–Trinajstić information content (AvgIpc) is 3.18. The van der Waals surface area contributed by atoms with E-state index in [2.05, 4.69) is 14.7 Å². The zero-order valence-corrected chi connectivity index (χ0v) is 17.0. The molecule has 2 aromatic heterocycles. The summed E-state index contributed by atoms with van der Waals surface area (Å²) in [6, 6.07) is 8.06. The summed E-state index contributed by atoms with van der Waals surface area (Å²) < 4.78 is 38.7. The minimum Gasteiger partial charge on any atom is -0.531 e. The number of aromatic nitrogens is 2. The van der Waals surface area contributed by atoms with Gasteiger partial charge in [0.15, 0.2) is 0 Å². The second-order valence-electron chi connectivity index (χ2n) is 7.53. The summed E-state index contributed by atoms with van der Waals surface area (Å²) in [5.41, 5.74) is 2.62. The number of H-pyrrole nitrogens is 1. The Labute approximate surface area is 174 Å². The molecule has 0 bridgehead atoms. The van der Waals surface area contributed by atoms with Gasteiger partial charge in [0.1, 0.15) is 17.1 Å². The molecule has 154 valence electrons. The second kappa shape index (κ2) is 7.15. The van der Waals surface area contributed by atoms with Crippen LogP contribution in [-0.4, -0.2) is 43.7 Å². The van der Waals surface area contributed by atoms with Crippen LogP contribution in [0.25, 0.3) is 16.6 Å². The fourth-order valence-corrected chi connectivity index (χ4v) is 5.39. The van der Waals surface area contributed by atoms with Crippen LogP contribution in [0.2, 0.25) is 0 Å². The summed E-state index contributed by atoms with van der Waals surface area (Å²) in [6.07, 6.45) is 4.70. The van der Waals surface area contributed by atoms with Crippen molar-refractivity contribution in [3.8, 4) is 11.5 Å². The molecular weight excluding hydrogens is 405 g/mol. The van der Waals surface area contributed by atoms with E-state index < -0.39 is 17.1 Å². The Morgan fingerprint density at radius 2 is 2.03 bits per heavy atom. The van der Waals surface area contributed by atoms with Crippen LogP contribution < -0.4 is 14.1 Å². The van der Waals surface area contributed by atoms with Crippen LogP contribution in [0.3, 0.4) is 0 Å². The normalized spacial score (nSPS) is 20.9. The lowest BCUT2D eigenvalue weighted by Gasteiger charge is -2.39. The van der Waals surface area contributed by atoms with Gasteiger partial charge in [0.2, 0.25) is 10.0 Å². The Kier molecular flexibility index (Phi) is 4.57. The standard InChI is InChI=1S/C20H20BN3O5S/c1-28-14-2-4-15(5-3-14)30(26,27)24-13-8-12(9-13)17-10-21(25)29-18-11-23-20-16(19(17)18)6-7-22-20/h2-7,10-13,24-25H,8-9H2,1H3,(H,22,23). The molecule has 1 aliphatic carbocycles. The van der Waals surface area contributed by atoms with Crippen molar-refractivity contribution >= 4 is 33.7 Å². The zero-order chi connectivity index (χ0) is 20.9. The molecule has 0 unspecified atom stereocenters. The van der Waals surface area contributed by atoms with E-state index >= 15 is 0 Å². The molecule has 30 heavy (non-hydrogen) atoms. The number of hydrogen-bond acceptors (Lipinski definition) is 6. The lowest BCUT2D eigenvalue weighted by molar-refractivity contribution is 0.308. The molecule has 0 amide bonds. The molecule has 0 spiro atoms. The molecule has 10 heteroatoms. The lowest BCUT2D eigenvalue weighted by Crippen LogP contribution is -2.45. The fourth-order valence-electron chi connectivity index (χ4n) is 4.13. The van der Waals surface area contributed by atoms with Gasteiger partial charge in [-0.2, -0.15) is 0 Å². The number of ether oxygens (including phenoxy) is 1. The van der Waals surface area contributed by atoms with Crippen molar-refractivity contribution in [2.24, 2.45) is 5.92 Å². The highest BCUT2D eigenvalue weighted by molar-refractivity contribution is 7.89. The molecule has 2 aliphatic rings. The third-order valence-corrected chi connectivity index (χ3v) is 7.22. The number of hydrogen-bond donors (Lipinski definition) is 3. The first-order valence-electron chi connectivity index (χ1n) is 9.64. The molecule has 8 nitrogen and oxygen atoms in total. The summed E-state index contributed by atoms with van der Waals surface area (Å²) in [4.78, 5) is 7.61. The van der Waals surface area contributed by atoms with Crippen molar-refractivity contribution in [2.45, 2.75) is 23.8 Å². The molecule has 1 aromatic carbocycles. The first-order chi connectivity index (χ1) is 14.4. The molecule has 3 N–H and O–H groups in total. The van der Waals surface area contributed by atoms with Crippen molar-refractivity contribution in [3.05, 3.63) is 54.3 Å². The number of nitrogens with zero attached hydrogens (tertiary/aromatic N) is 1. The lowest BCUT2D eigenvalue weighted by atomic mass is 9.68. The van der Waals surface area contributed by atoms with E-state index in [9.17, 15) is 13.4 Å². The number of nitrogens with one attached hydrogen (secondary N) is 2. The second-order valence-corrected chi connectivity index (χ2v) is 9.24. The van der Waals surface area contributed by atoms with Crippen LogP contribution in [-0.2, 0) is 10.0 Å². The maximum atomic E-state index is 12.7. The monoisotopic (exact) mass is 425 g/mol. The largest absolute Gasteiger partial charge is 0.552 e. The number of methoxy groups -OCH3 is 1. The summed E-state index contributed by atoms with van der Waals surface area (Å²) >= 11 is 0. The Bertz CT molecular complexity index is 1230. The van der Waals surface area contributed by atoms with Gasteiger partial charge in [0, 0.05) is 23.2 Å². The van der Waals surface area contributed by atoms with E-state index in [0.29, 0.717) is 24.3 Å². The van der Waals surface area contributed by atoms with Gasteiger partial charge in [-0.25, -0.2) is 18.1 Å². The van der Waals surface area contributed by atoms with Crippen molar-refractivity contribution in [2.75, 3.05) is 7.11 Å². The minimum absolute atomic E-state index is 0.117. The first-order valence-corrected chi connectivity index (χ1v) is 11.1. The number of sulfonamides is 1. The van der Waals surface area contributed by atoms with E-state index in [1.165, 1.54) is 19.2 Å². The number of allylic oxidation sites excluding steroid dienone is 1. The summed E-state index contributed by atoms with van der Waals surface area (Å²) in [6.45, 7) is 0. The Balaban J connectivity index is 1.34. The van der Waals surface area contributed by atoms with Crippen molar-refractivity contribution in [3.63, 3.8) is 0 Å². The summed E-state index contributed by atoms with van der Waals surface area (Å²) in [5.74, 6) is 2.96. The zero-order valence-electron chi connectivity index (χ0n) is 16.2. The molecule has 1 fully saturated rings. The number of rotatable bonds is 5. The smallest absolute Gasteiger partial charge is 0.531 e. The molecule has 0 atom stereocenters. The molecule has 1 aliphatic heterocycles. The van der Waals surface area contributed by atoms with Crippen LogP contribution in [0.5, 0.6) is 11.5 Å². The van der Waals surface area contributed by atoms with Crippen molar-refractivity contribution in [1.29, 1.82) is 0 Å². The average molecular weight is 425 g/mol. The Morgan fingerprint density at radius 3 is 2.77 bits per heavy atom. The van der Waals surface area contributed by atoms with Crippen molar-refractivity contribution in [1.82, 2.24) is 14.7 Å². The van der Waals surface area contributed by atoms with E-state index in [4.69, 9.17) is 9.39 Å². The fraction of sp³-hybridized carbons (Fsp3) is 0.250. The van der Waals surface area contributed by atoms with Gasteiger partial charge in [-0.3, -0.25) is 0 Å². The molecule has 3 aromatic rings. The third-order valence-electron chi connectivity index (χ3n) is 5.68. The number of pyridine rings is 1. The third kappa shape index (κ3) is 3.26. The Morgan fingerprint density at radius 1 is 1.27 bits per heavy atom. The van der Waals surface area contributed by atoms with E-state index in [0.717, 1.165) is 22.2 Å². The predicted octanol–water partition coefficient (Wildman–Crippen LogP) is 2.12. The molecule has 0 saturated heterocycles. The predicted molar refractivity (Wildman–Crippen MR) is 112 cm³/mol. The summed E-state index contributed by atoms with van der Waals surface area (Å²) in [5, 5.41) is 11.0. The molecule has 1 saturated carbocycles. The van der Waals surface area contributed by atoms with E-state index in [1.54, 1.807) is 24.3 Å². The topological polar surface area (TPSA) is 114 Å². The summed E-state index contributed by atoms with van der Waals surface area (Å²) in [7, 11) is -3.12. The van der Waals surface area contributed by atoms with Crippen LogP contribution in [0.4, 0.5) is 0 Å². The molecule has 3 heterocycles. The SMILES string of the molecule is COc1ccc(S(=O)(=O)NC2CC(C3=CB(O)Oc4cnc5[nH]ccc5c43)C2)cc1. The maximum Gasteiger partial charge on any atom is 0.552 e. The number of fused-ring (bicyclic) bond motifs is 3. The van der Waals surface area contributed by atoms with Crippen LogP contribution in [0.1, 0.15) is 18.4 Å².